The highest BCUT2D eigenvalue weighted by Gasteiger charge is 2.44. The van der Waals surface area contributed by atoms with Gasteiger partial charge in [0.1, 0.15) is 6.61 Å². The predicted molar refractivity (Wildman–Crippen MR) is 55.3 cm³/mol. The fraction of sp³-hybridized carbons (Fsp3) is 0.364. The van der Waals surface area contributed by atoms with Crippen LogP contribution in [0.4, 0.5) is 4.79 Å². The van der Waals surface area contributed by atoms with Gasteiger partial charge < -0.3 is 14.2 Å². The SMILES string of the molecule is C=CCOC1(CC=C)COC(=O)OC1=C=O. The van der Waals surface area contributed by atoms with Gasteiger partial charge in [0.2, 0.25) is 5.76 Å². The lowest BCUT2D eigenvalue weighted by atomic mass is 9.97. The van der Waals surface area contributed by atoms with Crippen LogP contribution in [0, 0.1) is 0 Å². The largest absolute Gasteiger partial charge is 0.514 e. The van der Waals surface area contributed by atoms with E-state index in [4.69, 9.17) is 9.47 Å². The standard InChI is InChI=1S/C11H12O5/c1-3-5-11(15-6-4-2)8-14-10(13)16-9(11)7-12/h3-4H,1-2,5-6,8H2. The molecule has 1 aliphatic heterocycles. The molecule has 1 saturated heterocycles. The Morgan fingerprint density at radius 3 is 2.81 bits per heavy atom. The lowest BCUT2D eigenvalue weighted by molar-refractivity contribution is -0.106. The number of cyclic esters (lactones) is 2. The average Bonchev–Trinajstić information content (AvgIpc) is 2.30. The topological polar surface area (TPSA) is 61.8 Å². The van der Waals surface area contributed by atoms with Crippen molar-refractivity contribution in [3.63, 3.8) is 0 Å². The third-order valence-corrected chi connectivity index (χ3v) is 2.07. The third-order valence-electron chi connectivity index (χ3n) is 2.07. The van der Waals surface area contributed by atoms with Crippen LogP contribution in [0.25, 0.3) is 0 Å². The molecule has 0 aromatic carbocycles. The first kappa shape index (κ1) is 12.2. The smallest absolute Gasteiger partial charge is 0.430 e. The molecular weight excluding hydrogens is 212 g/mol. The Morgan fingerprint density at radius 2 is 2.25 bits per heavy atom. The highest BCUT2D eigenvalue weighted by atomic mass is 16.8. The van der Waals surface area contributed by atoms with Gasteiger partial charge in [0.25, 0.3) is 0 Å². The average molecular weight is 224 g/mol. The Morgan fingerprint density at radius 1 is 1.50 bits per heavy atom. The number of hydrogen-bond acceptors (Lipinski definition) is 5. The first-order chi connectivity index (χ1) is 7.68. The minimum atomic E-state index is -1.13. The Labute approximate surface area is 93.0 Å². The van der Waals surface area contributed by atoms with Crippen LogP contribution in [-0.2, 0) is 19.0 Å². The van der Waals surface area contributed by atoms with Crippen LogP contribution >= 0.6 is 0 Å². The van der Waals surface area contributed by atoms with Crippen LogP contribution in [0.1, 0.15) is 6.42 Å². The fourth-order valence-corrected chi connectivity index (χ4v) is 1.33. The molecule has 1 rings (SSSR count). The van der Waals surface area contributed by atoms with E-state index in [0.29, 0.717) is 0 Å². The van der Waals surface area contributed by atoms with Crippen LogP contribution in [0.5, 0.6) is 0 Å². The third kappa shape index (κ3) is 2.39. The quantitative estimate of drug-likeness (QED) is 0.401. The Hall–Kier alpha value is -1.84. The van der Waals surface area contributed by atoms with Gasteiger partial charge in [-0.3, -0.25) is 0 Å². The molecule has 0 N–H and O–H groups in total. The summed E-state index contributed by atoms with van der Waals surface area (Å²) < 4.78 is 14.8. The van der Waals surface area contributed by atoms with Crippen molar-refractivity contribution in [2.24, 2.45) is 0 Å². The normalized spacial score (nSPS) is 24.0. The molecule has 86 valence electrons. The van der Waals surface area contributed by atoms with Crippen LogP contribution in [0.2, 0.25) is 0 Å². The summed E-state index contributed by atoms with van der Waals surface area (Å²) in [4.78, 5) is 21.6. The van der Waals surface area contributed by atoms with E-state index in [0.717, 1.165) is 0 Å². The molecule has 1 atom stereocenters. The summed E-state index contributed by atoms with van der Waals surface area (Å²) >= 11 is 0. The van der Waals surface area contributed by atoms with Crippen molar-refractivity contribution in [2.45, 2.75) is 12.0 Å². The zero-order valence-corrected chi connectivity index (χ0v) is 8.73. The lowest BCUT2D eigenvalue weighted by Gasteiger charge is -2.34. The van der Waals surface area contributed by atoms with E-state index in [1.54, 1.807) is 12.0 Å². The lowest BCUT2D eigenvalue weighted by Crippen LogP contribution is -2.46. The van der Waals surface area contributed by atoms with Crippen LogP contribution < -0.4 is 0 Å². The molecule has 0 radical (unpaired) electrons. The summed E-state index contributed by atoms with van der Waals surface area (Å²) in [6, 6.07) is 0. The van der Waals surface area contributed by atoms with Gasteiger partial charge in [0, 0.05) is 6.42 Å². The maximum atomic E-state index is 10.9. The molecule has 1 aliphatic rings. The van der Waals surface area contributed by atoms with Crippen molar-refractivity contribution >= 4 is 12.1 Å². The molecule has 1 unspecified atom stereocenters. The summed E-state index contributed by atoms with van der Waals surface area (Å²) in [6.07, 6.45) is 2.41. The summed E-state index contributed by atoms with van der Waals surface area (Å²) in [5.74, 6) is 1.34. The minimum absolute atomic E-state index is 0.101. The Balaban J connectivity index is 2.96. The van der Waals surface area contributed by atoms with Crippen molar-refractivity contribution in [3.05, 3.63) is 31.1 Å². The number of rotatable bonds is 5. The fourth-order valence-electron chi connectivity index (χ4n) is 1.33. The van der Waals surface area contributed by atoms with E-state index in [9.17, 15) is 9.59 Å². The first-order valence-electron chi connectivity index (χ1n) is 4.64. The van der Waals surface area contributed by atoms with Gasteiger partial charge in [0.05, 0.1) is 6.61 Å². The van der Waals surface area contributed by atoms with Crippen LogP contribution in [0.3, 0.4) is 0 Å². The Kier molecular flexibility index (Phi) is 4.05. The van der Waals surface area contributed by atoms with Crippen LogP contribution in [0.15, 0.2) is 31.1 Å². The van der Waals surface area contributed by atoms with E-state index < -0.39 is 11.8 Å². The number of carbonyl (C=O) groups is 1. The van der Waals surface area contributed by atoms with Gasteiger partial charge in [-0.1, -0.05) is 12.2 Å². The van der Waals surface area contributed by atoms with Crippen molar-refractivity contribution in [3.8, 4) is 0 Å². The monoisotopic (exact) mass is 224 g/mol. The van der Waals surface area contributed by atoms with Gasteiger partial charge in [0.15, 0.2) is 11.5 Å². The van der Waals surface area contributed by atoms with Gasteiger partial charge in [-0.05, 0) is 0 Å². The van der Waals surface area contributed by atoms with Crippen LogP contribution in [-0.4, -0.2) is 30.9 Å². The second kappa shape index (κ2) is 5.30. The molecule has 0 aromatic heterocycles. The minimum Gasteiger partial charge on any atom is -0.430 e. The maximum Gasteiger partial charge on any atom is 0.514 e. The summed E-state index contributed by atoms with van der Waals surface area (Å²) in [5, 5.41) is 0. The van der Waals surface area contributed by atoms with E-state index in [1.165, 1.54) is 6.08 Å². The zero-order valence-electron chi connectivity index (χ0n) is 8.73. The molecule has 0 amide bonds. The molecule has 0 spiro atoms. The predicted octanol–water partition coefficient (Wildman–Crippen LogP) is 1.39. The first-order valence-corrected chi connectivity index (χ1v) is 4.64. The maximum absolute atomic E-state index is 10.9. The van der Waals surface area contributed by atoms with E-state index in [2.05, 4.69) is 17.9 Å². The molecule has 1 fully saturated rings. The second-order valence-corrected chi connectivity index (χ2v) is 3.16. The molecule has 5 nitrogen and oxygen atoms in total. The molecule has 5 heteroatoms. The highest BCUT2D eigenvalue weighted by Crippen LogP contribution is 2.30. The molecule has 16 heavy (non-hydrogen) atoms. The van der Waals surface area contributed by atoms with E-state index >= 15 is 0 Å². The van der Waals surface area contributed by atoms with Gasteiger partial charge in [-0.2, -0.15) is 0 Å². The van der Waals surface area contributed by atoms with Crippen molar-refractivity contribution < 1.29 is 23.8 Å². The van der Waals surface area contributed by atoms with Crippen molar-refractivity contribution in [2.75, 3.05) is 13.2 Å². The number of carbonyl (C=O) groups excluding carboxylic acids is 2. The number of ether oxygens (including phenoxy) is 3. The van der Waals surface area contributed by atoms with E-state index in [-0.39, 0.29) is 25.4 Å². The summed E-state index contributed by atoms with van der Waals surface area (Å²) in [5.41, 5.74) is -1.13. The molecule has 0 aliphatic carbocycles. The Bertz CT molecular complexity index is 349. The van der Waals surface area contributed by atoms with Crippen molar-refractivity contribution in [1.29, 1.82) is 0 Å². The molecule has 0 aromatic rings. The number of hydrogen-bond donors (Lipinski definition) is 0. The van der Waals surface area contributed by atoms with Gasteiger partial charge >= 0.3 is 6.16 Å². The summed E-state index contributed by atoms with van der Waals surface area (Å²) in [6.45, 7) is 7.14. The van der Waals surface area contributed by atoms with Crippen molar-refractivity contribution in [1.82, 2.24) is 0 Å². The second-order valence-electron chi connectivity index (χ2n) is 3.16. The van der Waals surface area contributed by atoms with E-state index in [1.807, 2.05) is 0 Å². The van der Waals surface area contributed by atoms with Gasteiger partial charge in [-0.15, -0.1) is 13.2 Å². The van der Waals surface area contributed by atoms with Gasteiger partial charge in [-0.25, -0.2) is 9.59 Å². The molecular formula is C11H12O5. The molecule has 0 bridgehead atoms. The molecule has 0 saturated carbocycles. The highest BCUT2D eigenvalue weighted by molar-refractivity contribution is 5.68. The molecule has 1 heterocycles. The summed E-state index contributed by atoms with van der Waals surface area (Å²) in [7, 11) is 0. The zero-order chi connectivity index (χ0) is 12.0.